The SMILES string of the molecule is O=C(NC1(C(=O)O)CCOC1)c1coc(-c2ccc(Br)cc2F)n1. The van der Waals surface area contributed by atoms with Crippen LogP contribution in [0.3, 0.4) is 0 Å². The first kappa shape index (κ1) is 16.6. The highest BCUT2D eigenvalue weighted by Crippen LogP contribution is 2.25. The number of carboxylic acid groups (broad SMARTS) is 1. The molecule has 1 saturated heterocycles. The predicted molar refractivity (Wildman–Crippen MR) is 82.9 cm³/mol. The summed E-state index contributed by atoms with van der Waals surface area (Å²) in [6.45, 7) is 0.112. The van der Waals surface area contributed by atoms with Crippen molar-refractivity contribution in [2.24, 2.45) is 0 Å². The van der Waals surface area contributed by atoms with Gasteiger partial charge in [-0.1, -0.05) is 15.9 Å². The van der Waals surface area contributed by atoms with Gasteiger partial charge in [0.1, 0.15) is 12.1 Å². The zero-order valence-corrected chi connectivity index (χ0v) is 13.8. The van der Waals surface area contributed by atoms with Crippen LogP contribution in [-0.4, -0.2) is 40.7 Å². The number of carbonyl (C=O) groups is 2. The number of aromatic nitrogens is 1. The van der Waals surface area contributed by atoms with Gasteiger partial charge in [0, 0.05) is 17.5 Å². The molecular weight excluding hydrogens is 387 g/mol. The number of oxazole rings is 1. The predicted octanol–water partition coefficient (Wildman–Crippen LogP) is 2.22. The van der Waals surface area contributed by atoms with Gasteiger partial charge in [0.2, 0.25) is 5.89 Å². The molecule has 0 aliphatic carbocycles. The van der Waals surface area contributed by atoms with Gasteiger partial charge in [-0.05, 0) is 18.2 Å². The number of nitrogens with one attached hydrogen (secondary N) is 1. The highest BCUT2D eigenvalue weighted by atomic mass is 79.9. The van der Waals surface area contributed by atoms with Crippen molar-refractivity contribution in [2.45, 2.75) is 12.0 Å². The van der Waals surface area contributed by atoms with Gasteiger partial charge in [-0.15, -0.1) is 0 Å². The Morgan fingerprint density at radius 1 is 1.42 bits per heavy atom. The molecule has 2 N–H and O–H groups in total. The first-order valence-electron chi connectivity index (χ1n) is 6.96. The van der Waals surface area contributed by atoms with Crippen LogP contribution in [-0.2, 0) is 9.53 Å². The van der Waals surface area contributed by atoms with E-state index in [1.54, 1.807) is 6.07 Å². The van der Waals surface area contributed by atoms with Crippen molar-refractivity contribution in [3.8, 4) is 11.5 Å². The van der Waals surface area contributed by atoms with Gasteiger partial charge < -0.3 is 19.6 Å². The molecule has 1 aromatic heterocycles. The maximum atomic E-state index is 13.9. The summed E-state index contributed by atoms with van der Waals surface area (Å²) in [5.74, 6) is -2.55. The minimum absolute atomic E-state index is 0.0720. The summed E-state index contributed by atoms with van der Waals surface area (Å²) < 4.78 is 24.7. The lowest BCUT2D eigenvalue weighted by Crippen LogP contribution is -2.55. The molecule has 2 aromatic rings. The zero-order chi connectivity index (χ0) is 17.3. The van der Waals surface area contributed by atoms with E-state index >= 15 is 0 Å². The van der Waals surface area contributed by atoms with Crippen LogP contribution in [0.4, 0.5) is 4.39 Å². The zero-order valence-electron chi connectivity index (χ0n) is 12.2. The smallest absolute Gasteiger partial charge is 0.331 e. The van der Waals surface area contributed by atoms with E-state index in [0.29, 0.717) is 4.47 Å². The summed E-state index contributed by atoms with van der Waals surface area (Å²) in [7, 11) is 0. The summed E-state index contributed by atoms with van der Waals surface area (Å²) >= 11 is 3.14. The highest BCUT2D eigenvalue weighted by molar-refractivity contribution is 9.10. The normalized spacial score (nSPS) is 20.1. The monoisotopic (exact) mass is 398 g/mol. The third-order valence-electron chi connectivity index (χ3n) is 3.68. The number of nitrogens with zero attached hydrogens (tertiary/aromatic N) is 1. The van der Waals surface area contributed by atoms with Gasteiger partial charge >= 0.3 is 5.97 Å². The second kappa shape index (κ2) is 6.33. The number of carbonyl (C=O) groups excluding carboxylic acids is 1. The quantitative estimate of drug-likeness (QED) is 0.818. The van der Waals surface area contributed by atoms with Crippen molar-refractivity contribution in [2.75, 3.05) is 13.2 Å². The molecule has 9 heteroatoms. The van der Waals surface area contributed by atoms with Crippen LogP contribution in [0.1, 0.15) is 16.9 Å². The van der Waals surface area contributed by atoms with Gasteiger partial charge in [-0.2, -0.15) is 0 Å². The Morgan fingerprint density at radius 2 is 2.21 bits per heavy atom. The van der Waals surface area contributed by atoms with Gasteiger partial charge in [0.05, 0.1) is 12.2 Å². The molecule has 1 aliphatic rings. The van der Waals surface area contributed by atoms with E-state index < -0.39 is 23.2 Å². The number of amides is 1. The van der Waals surface area contributed by atoms with Crippen LogP contribution in [0.2, 0.25) is 0 Å². The molecule has 3 rings (SSSR count). The van der Waals surface area contributed by atoms with E-state index in [-0.39, 0.29) is 36.8 Å². The highest BCUT2D eigenvalue weighted by Gasteiger charge is 2.44. The molecule has 1 aliphatic heterocycles. The molecule has 1 aromatic carbocycles. The molecule has 0 bridgehead atoms. The fourth-order valence-electron chi connectivity index (χ4n) is 2.33. The molecule has 1 atom stereocenters. The second-order valence-electron chi connectivity index (χ2n) is 5.31. The van der Waals surface area contributed by atoms with Crippen molar-refractivity contribution in [3.63, 3.8) is 0 Å². The number of hydrogen-bond donors (Lipinski definition) is 2. The number of carboxylic acids is 1. The van der Waals surface area contributed by atoms with E-state index in [4.69, 9.17) is 9.15 Å². The van der Waals surface area contributed by atoms with Gasteiger partial charge in [0.15, 0.2) is 11.2 Å². The Morgan fingerprint density at radius 3 is 2.83 bits per heavy atom. The lowest BCUT2D eigenvalue weighted by Gasteiger charge is -2.22. The van der Waals surface area contributed by atoms with Crippen molar-refractivity contribution in [3.05, 3.63) is 40.4 Å². The summed E-state index contributed by atoms with van der Waals surface area (Å²) in [6.07, 6.45) is 1.21. The third-order valence-corrected chi connectivity index (χ3v) is 4.18. The molecule has 2 heterocycles. The van der Waals surface area contributed by atoms with E-state index in [0.717, 1.165) is 6.26 Å². The van der Waals surface area contributed by atoms with Crippen LogP contribution in [0.25, 0.3) is 11.5 Å². The van der Waals surface area contributed by atoms with E-state index in [9.17, 15) is 19.1 Å². The first-order valence-corrected chi connectivity index (χ1v) is 7.75. The lowest BCUT2D eigenvalue weighted by molar-refractivity contribution is -0.144. The maximum Gasteiger partial charge on any atom is 0.331 e. The molecule has 1 amide bonds. The van der Waals surface area contributed by atoms with Crippen LogP contribution in [0, 0.1) is 5.82 Å². The largest absolute Gasteiger partial charge is 0.479 e. The van der Waals surface area contributed by atoms with Crippen LogP contribution in [0.15, 0.2) is 33.4 Å². The van der Waals surface area contributed by atoms with E-state index in [2.05, 4.69) is 26.2 Å². The summed E-state index contributed by atoms with van der Waals surface area (Å²) in [5, 5.41) is 11.7. The second-order valence-corrected chi connectivity index (χ2v) is 6.22. The Labute approximate surface area is 144 Å². The summed E-state index contributed by atoms with van der Waals surface area (Å²) in [5.41, 5.74) is -1.53. The minimum Gasteiger partial charge on any atom is -0.479 e. The number of benzene rings is 1. The number of ether oxygens (including phenoxy) is 1. The molecule has 0 saturated carbocycles. The number of hydrogen-bond acceptors (Lipinski definition) is 5. The fourth-order valence-corrected chi connectivity index (χ4v) is 2.66. The molecule has 1 unspecified atom stereocenters. The Balaban J connectivity index is 1.82. The average Bonchev–Trinajstić information content (AvgIpc) is 3.17. The Kier molecular flexibility index (Phi) is 4.37. The van der Waals surface area contributed by atoms with Crippen molar-refractivity contribution in [1.82, 2.24) is 10.3 Å². The van der Waals surface area contributed by atoms with E-state index in [1.807, 2.05) is 0 Å². The van der Waals surface area contributed by atoms with Crippen molar-refractivity contribution in [1.29, 1.82) is 0 Å². The van der Waals surface area contributed by atoms with Crippen molar-refractivity contribution >= 4 is 27.8 Å². The molecule has 24 heavy (non-hydrogen) atoms. The van der Waals surface area contributed by atoms with E-state index in [1.165, 1.54) is 12.1 Å². The molecule has 1 fully saturated rings. The van der Waals surface area contributed by atoms with Crippen LogP contribution < -0.4 is 5.32 Å². The minimum atomic E-state index is -1.49. The van der Waals surface area contributed by atoms with Gasteiger partial charge in [0.25, 0.3) is 5.91 Å². The standard InChI is InChI=1S/C15H12BrFN2O5/c16-8-1-2-9(10(17)5-8)13-18-11(6-24-13)12(20)19-15(14(21)22)3-4-23-7-15/h1-2,5-6H,3-4,7H2,(H,19,20)(H,21,22). The molecule has 0 spiro atoms. The first-order chi connectivity index (χ1) is 11.4. The molecular formula is C15H12BrFN2O5. The lowest BCUT2D eigenvalue weighted by atomic mass is 9.99. The molecule has 126 valence electrons. The average molecular weight is 399 g/mol. The topological polar surface area (TPSA) is 102 Å². The van der Waals surface area contributed by atoms with Gasteiger partial charge in [-0.3, -0.25) is 4.79 Å². The number of rotatable bonds is 4. The fraction of sp³-hybridized carbons (Fsp3) is 0.267. The Bertz CT molecular complexity index is 801. The number of aliphatic carboxylic acids is 1. The van der Waals surface area contributed by atoms with Crippen molar-refractivity contribution < 1.29 is 28.2 Å². The van der Waals surface area contributed by atoms with Gasteiger partial charge in [-0.25, -0.2) is 14.2 Å². The van der Waals surface area contributed by atoms with Crippen LogP contribution >= 0.6 is 15.9 Å². The Hall–Kier alpha value is -2.26. The molecule has 7 nitrogen and oxygen atoms in total. The summed E-state index contributed by atoms with van der Waals surface area (Å²) in [6, 6.07) is 4.31. The third kappa shape index (κ3) is 3.04. The number of halogens is 2. The summed E-state index contributed by atoms with van der Waals surface area (Å²) in [4.78, 5) is 27.6. The maximum absolute atomic E-state index is 13.9. The van der Waals surface area contributed by atoms with Crippen LogP contribution in [0.5, 0.6) is 0 Å². The molecule has 0 radical (unpaired) electrons.